The molecule has 12 heavy (non-hydrogen) atoms. The second-order valence-corrected chi connectivity index (χ2v) is 4.12. The Balaban J connectivity index is 2.71. The highest BCUT2D eigenvalue weighted by Gasteiger charge is 2.40. The van der Waals surface area contributed by atoms with Gasteiger partial charge in [0.2, 0.25) is 0 Å². The van der Waals surface area contributed by atoms with Crippen molar-refractivity contribution in [3.05, 3.63) is 0 Å². The van der Waals surface area contributed by atoms with Crippen LogP contribution in [0.2, 0.25) is 0 Å². The third-order valence-electron chi connectivity index (χ3n) is 3.52. The molecule has 0 amide bonds. The van der Waals surface area contributed by atoms with Gasteiger partial charge in [0, 0.05) is 18.5 Å². The number of nitrogens with one attached hydrogen (secondary N) is 1. The van der Waals surface area contributed by atoms with Crippen molar-refractivity contribution in [1.82, 2.24) is 5.32 Å². The van der Waals surface area contributed by atoms with Crippen LogP contribution in [0.4, 0.5) is 0 Å². The van der Waals surface area contributed by atoms with Crippen molar-refractivity contribution < 1.29 is 5.11 Å². The average Bonchev–Trinajstić information content (AvgIpc) is 2.11. The van der Waals surface area contributed by atoms with Gasteiger partial charge in [-0.05, 0) is 18.8 Å². The molecule has 2 atom stereocenters. The van der Waals surface area contributed by atoms with Gasteiger partial charge in [-0.15, -0.1) is 0 Å². The van der Waals surface area contributed by atoms with E-state index < -0.39 is 0 Å². The predicted molar refractivity (Wildman–Crippen MR) is 51.1 cm³/mol. The minimum atomic E-state index is -0.117. The number of aliphatic hydroxyl groups excluding tert-OH is 1. The smallest absolute Gasteiger partial charge is 0.0645 e. The summed E-state index contributed by atoms with van der Waals surface area (Å²) in [6.07, 6.45) is 2.03. The molecule has 2 nitrogen and oxygen atoms in total. The first-order valence-corrected chi connectivity index (χ1v) is 5.05. The van der Waals surface area contributed by atoms with E-state index in [0.29, 0.717) is 5.92 Å². The molecule has 1 heterocycles. The predicted octanol–water partition coefficient (Wildman–Crippen LogP) is 1.39. The van der Waals surface area contributed by atoms with Crippen LogP contribution in [-0.2, 0) is 0 Å². The van der Waals surface area contributed by atoms with E-state index in [1.165, 1.54) is 0 Å². The molecule has 0 saturated carbocycles. The van der Waals surface area contributed by atoms with Gasteiger partial charge in [0.25, 0.3) is 0 Å². The lowest BCUT2D eigenvalue weighted by atomic mass is 9.70. The van der Waals surface area contributed by atoms with Crippen LogP contribution in [0.5, 0.6) is 0 Å². The molecular formula is C10H21NO. The van der Waals surface area contributed by atoms with Crippen LogP contribution < -0.4 is 5.32 Å². The summed E-state index contributed by atoms with van der Waals surface area (Å²) >= 11 is 0. The lowest BCUT2D eigenvalue weighted by Gasteiger charge is -2.44. The second kappa shape index (κ2) is 3.75. The van der Waals surface area contributed by atoms with Crippen molar-refractivity contribution in [3.63, 3.8) is 0 Å². The molecule has 0 aromatic heterocycles. The van der Waals surface area contributed by atoms with Gasteiger partial charge in [-0.3, -0.25) is 0 Å². The monoisotopic (exact) mass is 171 g/mol. The zero-order valence-corrected chi connectivity index (χ0v) is 8.43. The lowest BCUT2D eigenvalue weighted by molar-refractivity contribution is -0.0409. The molecule has 2 unspecified atom stereocenters. The molecule has 0 radical (unpaired) electrons. The molecule has 0 aliphatic carbocycles. The van der Waals surface area contributed by atoms with Crippen molar-refractivity contribution in [3.8, 4) is 0 Å². The molecule has 2 N–H and O–H groups in total. The molecule has 0 aromatic carbocycles. The third-order valence-corrected chi connectivity index (χ3v) is 3.52. The summed E-state index contributed by atoms with van der Waals surface area (Å²) in [7, 11) is 0. The highest BCUT2D eigenvalue weighted by atomic mass is 16.3. The summed E-state index contributed by atoms with van der Waals surface area (Å²) in [5.74, 6) is 0.402. The fraction of sp³-hybridized carbons (Fsp3) is 1.00. The minimum absolute atomic E-state index is 0.117. The largest absolute Gasteiger partial charge is 0.392 e. The van der Waals surface area contributed by atoms with Gasteiger partial charge >= 0.3 is 0 Å². The maximum absolute atomic E-state index is 10.0. The molecule has 1 rings (SSSR count). The van der Waals surface area contributed by atoms with Crippen molar-refractivity contribution in [2.45, 2.75) is 39.7 Å². The highest BCUT2D eigenvalue weighted by molar-refractivity contribution is 4.93. The van der Waals surface area contributed by atoms with Crippen molar-refractivity contribution in [2.75, 3.05) is 13.1 Å². The van der Waals surface area contributed by atoms with Crippen LogP contribution in [0.1, 0.15) is 33.6 Å². The van der Waals surface area contributed by atoms with Gasteiger partial charge in [0.15, 0.2) is 0 Å². The average molecular weight is 171 g/mol. The van der Waals surface area contributed by atoms with Gasteiger partial charge in [0.05, 0.1) is 6.10 Å². The summed E-state index contributed by atoms with van der Waals surface area (Å²) in [4.78, 5) is 0. The van der Waals surface area contributed by atoms with Crippen molar-refractivity contribution in [2.24, 2.45) is 11.3 Å². The summed E-state index contributed by atoms with van der Waals surface area (Å²) in [6.45, 7) is 8.41. The van der Waals surface area contributed by atoms with E-state index in [4.69, 9.17) is 0 Å². The van der Waals surface area contributed by atoms with Crippen molar-refractivity contribution >= 4 is 0 Å². The molecular weight excluding hydrogens is 150 g/mol. The van der Waals surface area contributed by atoms with E-state index in [1.54, 1.807) is 0 Å². The van der Waals surface area contributed by atoms with Crippen LogP contribution in [0.25, 0.3) is 0 Å². The SMILES string of the molecule is CCC1(CC)CNCC(C)C1O. The van der Waals surface area contributed by atoms with E-state index >= 15 is 0 Å². The maximum atomic E-state index is 10.0. The Hall–Kier alpha value is -0.0800. The van der Waals surface area contributed by atoms with E-state index in [-0.39, 0.29) is 11.5 Å². The van der Waals surface area contributed by atoms with E-state index in [0.717, 1.165) is 25.9 Å². The summed E-state index contributed by atoms with van der Waals surface area (Å²) in [5.41, 5.74) is 0.137. The summed E-state index contributed by atoms with van der Waals surface area (Å²) in [6, 6.07) is 0. The molecule has 0 bridgehead atoms. The summed E-state index contributed by atoms with van der Waals surface area (Å²) < 4.78 is 0. The first-order valence-electron chi connectivity index (χ1n) is 5.05. The molecule has 0 spiro atoms. The number of hydrogen-bond donors (Lipinski definition) is 2. The molecule has 72 valence electrons. The zero-order valence-electron chi connectivity index (χ0n) is 8.43. The Morgan fingerprint density at radius 2 is 2.00 bits per heavy atom. The molecule has 1 aliphatic heterocycles. The van der Waals surface area contributed by atoms with E-state index in [1.807, 2.05) is 0 Å². The molecule has 1 fully saturated rings. The van der Waals surface area contributed by atoms with Gasteiger partial charge < -0.3 is 10.4 Å². The van der Waals surface area contributed by atoms with Crippen LogP contribution in [0.3, 0.4) is 0 Å². The van der Waals surface area contributed by atoms with E-state index in [9.17, 15) is 5.11 Å². The van der Waals surface area contributed by atoms with Crippen LogP contribution >= 0.6 is 0 Å². The molecule has 2 heteroatoms. The number of rotatable bonds is 2. The number of hydrogen-bond acceptors (Lipinski definition) is 2. The third kappa shape index (κ3) is 1.50. The van der Waals surface area contributed by atoms with Gasteiger partial charge in [-0.25, -0.2) is 0 Å². The van der Waals surface area contributed by atoms with Crippen LogP contribution in [0, 0.1) is 11.3 Å². The minimum Gasteiger partial charge on any atom is -0.392 e. The number of piperidine rings is 1. The first kappa shape index (κ1) is 10.0. The fourth-order valence-electron chi connectivity index (χ4n) is 2.29. The number of aliphatic hydroxyl groups is 1. The Labute approximate surface area is 75.4 Å². The quantitative estimate of drug-likeness (QED) is 0.658. The van der Waals surface area contributed by atoms with Crippen molar-refractivity contribution in [1.29, 1.82) is 0 Å². The second-order valence-electron chi connectivity index (χ2n) is 4.12. The fourth-order valence-corrected chi connectivity index (χ4v) is 2.29. The molecule has 1 saturated heterocycles. The summed E-state index contributed by atoms with van der Waals surface area (Å²) in [5, 5.41) is 13.4. The molecule has 1 aliphatic rings. The standard InChI is InChI=1S/C10H21NO/c1-4-10(5-2)7-11-6-8(3)9(10)12/h8-9,11-12H,4-7H2,1-3H3. The normalized spacial score (nSPS) is 35.0. The van der Waals surface area contributed by atoms with Crippen LogP contribution in [0.15, 0.2) is 0 Å². The first-order chi connectivity index (χ1) is 5.66. The Kier molecular flexibility index (Phi) is 3.13. The molecule has 0 aromatic rings. The van der Waals surface area contributed by atoms with E-state index in [2.05, 4.69) is 26.1 Å². The lowest BCUT2D eigenvalue weighted by Crippen LogP contribution is -2.53. The van der Waals surface area contributed by atoms with Crippen LogP contribution in [-0.4, -0.2) is 24.3 Å². The Morgan fingerprint density at radius 1 is 1.42 bits per heavy atom. The van der Waals surface area contributed by atoms with Gasteiger partial charge in [0.1, 0.15) is 0 Å². The Morgan fingerprint density at radius 3 is 2.42 bits per heavy atom. The van der Waals surface area contributed by atoms with Gasteiger partial charge in [-0.2, -0.15) is 0 Å². The van der Waals surface area contributed by atoms with Gasteiger partial charge in [-0.1, -0.05) is 20.8 Å². The maximum Gasteiger partial charge on any atom is 0.0645 e. The Bertz CT molecular complexity index is 143. The zero-order chi connectivity index (χ0) is 9.19. The highest BCUT2D eigenvalue weighted by Crippen LogP contribution is 2.35. The topological polar surface area (TPSA) is 32.3 Å².